The van der Waals surface area contributed by atoms with Crippen molar-refractivity contribution in [2.24, 2.45) is 0 Å². The van der Waals surface area contributed by atoms with Gasteiger partial charge >= 0.3 is 0 Å². The van der Waals surface area contributed by atoms with Gasteiger partial charge in [0.25, 0.3) is 5.91 Å². The maximum atomic E-state index is 13.7. The summed E-state index contributed by atoms with van der Waals surface area (Å²) in [5.74, 6) is -0.523. The predicted molar refractivity (Wildman–Crippen MR) is 87.0 cm³/mol. The van der Waals surface area contributed by atoms with Gasteiger partial charge in [0.05, 0.1) is 24.9 Å². The van der Waals surface area contributed by atoms with Crippen molar-refractivity contribution in [3.63, 3.8) is 0 Å². The fourth-order valence-corrected chi connectivity index (χ4v) is 2.17. The van der Waals surface area contributed by atoms with Crippen LogP contribution in [0.15, 0.2) is 63.6 Å². The predicted octanol–water partition coefficient (Wildman–Crippen LogP) is 2.72. The van der Waals surface area contributed by atoms with Gasteiger partial charge < -0.3 is 19.5 Å². The Morgan fingerprint density at radius 1 is 1.00 bits per heavy atom. The molecule has 0 saturated carbocycles. The van der Waals surface area contributed by atoms with Gasteiger partial charge in [0, 0.05) is 0 Å². The van der Waals surface area contributed by atoms with Crippen molar-refractivity contribution in [2.45, 2.75) is 6.54 Å². The van der Waals surface area contributed by atoms with Crippen LogP contribution >= 0.6 is 0 Å². The van der Waals surface area contributed by atoms with Crippen molar-refractivity contribution >= 4 is 11.8 Å². The first kappa shape index (κ1) is 16.5. The molecular formula is C18H15FN2O4. The van der Waals surface area contributed by atoms with E-state index in [0.29, 0.717) is 5.76 Å². The number of halogens is 1. The Labute approximate surface area is 142 Å². The van der Waals surface area contributed by atoms with Gasteiger partial charge in [0.2, 0.25) is 5.91 Å². The third-order valence-electron chi connectivity index (χ3n) is 3.42. The third kappa shape index (κ3) is 4.14. The van der Waals surface area contributed by atoms with Gasteiger partial charge in [-0.2, -0.15) is 0 Å². The average molecular weight is 342 g/mol. The molecule has 0 aliphatic carbocycles. The second-order valence-corrected chi connectivity index (χ2v) is 5.18. The number of carbonyl (C=O) groups excluding carboxylic acids is 2. The van der Waals surface area contributed by atoms with Gasteiger partial charge in [-0.05, 0) is 36.4 Å². The van der Waals surface area contributed by atoms with Crippen LogP contribution in [0.3, 0.4) is 0 Å². The number of amides is 2. The van der Waals surface area contributed by atoms with E-state index in [2.05, 4.69) is 10.6 Å². The number of nitrogens with one attached hydrogen (secondary N) is 2. The minimum absolute atomic E-state index is 0.00270. The molecule has 128 valence electrons. The minimum atomic E-state index is -0.560. The molecule has 0 fully saturated rings. The largest absolute Gasteiger partial charge is 0.467 e. The highest BCUT2D eigenvalue weighted by Gasteiger charge is 2.15. The SMILES string of the molecule is O=C(CNC(=O)c1ccc(-c2ccccc2F)o1)NCc1ccco1. The molecule has 0 bridgehead atoms. The summed E-state index contributed by atoms with van der Waals surface area (Å²) in [4.78, 5) is 23.7. The van der Waals surface area contributed by atoms with Gasteiger partial charge in [-0.1, -0.05) is 12.1 Å². The van der Waals surface area contributed by atoms with Crippen molar-refractivity contribution in [3.05, 3.63) is 72.1 Å². The fourth-order valence-electron chi connectivity index (χ4n) is 2.17. The van der Waals surface area contributed by atoms with Crippen molar-refractivity contribution in [1.82, 2.24) is 10.6 Å². The number of carbonyl (C=O) groups is 2. The smallest absolute Gasteiger partial charge is 0.287 e. The summed E-state index contributed by atoms with van der Waals surface area (Å²) < 4.78 is 24.2. The standard InChI is InChI=1S/C18H15FN2O4/c19-14-6-2-1-5-13(14)15-7-8-16(25-15)18(23)21-11-17(22)20-10-12-4-3-9-24-12/h1-9H,10-11H2,(H,20,22)(H,21,23). The Morgan fingerprint density at radius 3 is 2.60 bits per heavy atom. The first-order chi connectivity index (χ1) is 12.1. The summed E-state index contributed by atoms with van der Waals surface area (Å²) in [6.45, 7) is 0.0230. The normalized spacial score (nSPS) is 10.4. The summed E-state index contributed by atoms with van der Waals surface area (Å²) in [6.07, 6.45) is 1.51. The maximum Gasteiger partial charge on any atom is 0.287 e. The van der Waals surface area contributed by atoms with E-state index in [0.717, 1.165) is 0 Å². The van der Waals surface area contributed by atoms with Crippen LogP contribution in [0.1, 0.15) is 16.3 Å². The van der Waals surface area contributed by atoms with E-state index in [1.165, 1.54) is 24.5 Å². The van der Waals surface area contributed by atoms with Gasteiger partial charge in [-0.3, -0.25) is 9.59 Å². The lowest BCUT2D eigenvalue weighted by molar-refractivity contribution is -0.120. The van der Waals surface area contributed by atoms with Crippen molar-refractivity contribution in [3.8, 4) is 11.3 Å². The fraction of sp³-hybridized carbons (Fsp3) is 0.111. The molecule has 0 aliphatic heterocycles. The number of furan rings is 2. The molecule has 0 saturated heterocycles. The average Bonchev–Trinajstić information content (AvgIpc) is 3.30. The Balaban J connectivity index is 1.53. The molecule has 2 heterocycles. The van der Waals surface area contributed by atoms with Crippen LogP contribution in [-0.4, -0.2) is 18.4 Å². The molecule has 1 aromatic carbocycles. The lowest BCUT2D eigenvalue weighted by Crippen LogP contribution is -2.36. The van der Waals surface area contributed by atoms with Crippen LogP contribution in [0.2, 0.25) is 0 Å². The lowest BCUT2D eigenvalue weighted by atomic mass is 10.1. The third-order valence-corrected chi connectivity index (χ3v) is 3.42. The molecule has 2 N–H and O–H groups in total. The van der Waals surface area contributed by atoms with E-state index in [9.17, 15) is 14.0 Å². The maximum absolute atomic E-state index is 13.7. The Bertz CT molecular complexity index is 871. The van der Waals surface area contributed by atoms with Gasteiger partial charge in [0.15, 0.2) is 5.76 Å². The summed E-state index contributed by atoms with van der Waals surface area (Å²) in [5, 5.41) is 5.04. The molecule has 0 spiro atoms. The molecule has 0 aliphatic rings. The minimum Gasteiger partial charge on any atom is -0.467 e. The van der Waals surface area contributed by atoms with Crippen LogP contribution in [0.5, 0.6) is 0 Å². The Morgan fingerprint density at radius 2 is 1.84 bits per heavy atom. The number of hydrogen-bond donors (Lipinski definition) is 2. The molecule has 0 unspecified atom stereocenters. The van der Waals surface area contributed by atoms with E-state index in [1.54, 1.807) is 30.3 Å². The summed E-state index contributed by atoms with van der Waals surface area (Å²) in [6, 6.07) is 12.5. The van der Waals surface area contributed by atoms with E-state index < -0.39 is 11.7 Å². The molecule has 2 amide bonds. The molecular weight excluding hydrogens is 327 g/mol. The Hall–Kier alpha value is -3.35. The van der Waals surface area contributed by atoms with Gasteiger partial charge in [0.1, 0.15) is 17.3 Å². The highest BCUT2D eigenvalue weighted by atomic mass is 19.1. The van der Waals surface area contributed by atoms with Crippen molar-refractivity contribution < 1.29 is 22.8 Å². The summed E-state index contributed by atoms with van der Waals surface area (Å²) >= 11 is 0. The molecule has 3 aromatic rings. The number of hydrogen-bond acceptors (Lipinski definition) is 4. The van der Waals surface area contributed by atoms with E-state index in [-0.39, 0.29) is 36.1 Å². The summed E-state index contributed by atoms with van der Waals surface area (Å²) in [5.41, 5.74) is 0.262. The molecule has 3 rings (SSSR count). The van der Waals surface area contributed by atoms with Crippen molar-refractivity contribution in [1.29, 1.82) is 0 Å². The second kappa shape index (κ2) is 7.48. The quantitative estimate of drug-likeness (QED) is 0.721. The van der Waals surface area contributed by atoms with E-state index in [4.69, 9.17) is 8.83 Å². The van der Waals surface area contributed by atoms with Crippen LogP contribution in [0.4, 0.5) is 4.39 Å². The second-order valence-electron chi connectivity index (χ2n) is 5.18. The highest BCUT2D eigenvalue weighted by molar-refractivity contribution is 5.94. The van der Waals surface area contributed by atoms with Crippen LogP contribution < -0.4 is 10.6 Å². The number of rotatable bonds is 6. The van der Waals surface area contributed by atoms with Crippen LogP contribution in [-0.2, 0) is 11.3 Å². The summed E-state index contributed by atoms with van der Waals surface area (Å²) in [7, 11) is 0. The highest BCUT2D eigenvalue weighted by Crippen LogP contribution is 2.24. The zero-order chi connectivity index (χ0) is 17.6. The number of benzene rings is 1. The molecule has 0 radical (unpaired) electrons. The monoisotopic (exact) mass is 342 g/mol. The topological polar surface area (TPSA) is 84.5 Å². The zero-order valence-electron chi connectivity index (χ0n) is 13.1. The molecule has 25 heavy (non-hydrogen) atoms. The van der Waals surface area contributed by atoms with Gasteiger partial charge in [-0.25, -0.2) is 4.39 Å². The van der Waals surface area contributed by atoms with Crippen molar-refractivity contribution in [2.75, 3.05) is 6.54 Å². The zero-order valence-corrected chi connectivity index (χ0v) is 13.1. The lowest BCUT2D eigenvalue weighted by Gasteiger charge is -2.04. The van der Waals surface area contributed by atoms with Crippen LogP contribution in [0, 0.1) is 5.82 Å². The molecule has 0 atom stereocenters. The van der Waals surface area contributed by atoms with E-state index >= 15 is 0 Å². The first-order valence-corrected chi connectivity index (χ1v) is 7.55. The first-order valence-electron chi connectivity index (χ1n) is 7.55. The van der Waals surface area contributed by atoms with E-state index in [1.807, 2.05) is 0 Å². The van der Waals surface area contributed by atoms with Gasteiger partial charge in [-0.15, -0.1) is 0 Å². The molecule has 2 aromatic heterocycles. The van der Waals surface area contributed by atoms with Crippen LogP contribution in [0.25, 0.3) is 11.3 Å². The Kier molecular flexibility index (Phi) is 4.94. The molecule has 7 heteroatoms. The molecule has 6 nitrogen and oxygen atoms in total.